The summed E-state index contributed by atoms with van der Waals surface area (Å²) >= 11 is 6.40. The quantitative estimate of drug-likeness (QED) is 0.820. The summed E-state index contributed by atoms with van der Waals surface area (Å²) in [4.78, 5) is 14.7. The molecular weight excluding hydrogens is 330 g/mol. The third kappa shape index (κ3) is 4.46. The van der Waals surface area contributed by atoms with Crippen molar-refractivity contribution in [3.63, 3.8) is 0 Å². The van der Waals surface area contributed by atoms with Gasteiger partial charge in [0.15, 0.2) is 0 Å². The van der Waals surface area contributed by atoms with E-state index in [9.17, 15) is 4.79 Å². The molecule has 1 aromatic carbocycles. The second-order valence-electron chi connectivity index (χ2n) is 6.01. The van der Waals surface area contributed by atoms with Crippen molar-refractivity contribution >= 4 is 17.5 Å². The van der Waals surface area contributed by atoms with Gasteiger partial charge < -0.3 is 20.1 Å². The summed E-state index contributed by atoms with van der Waals surface area (Å²) in [5.41, 5.74) is 1.04. The molecule has 24 heavy (non-hydrogen) atoms. The van der Waals surface area contributed by atoms with Crippen LogP contribution < -0.4 is 10.6 Å². The number of morpholine rings is 2. The third-order valence-electron chi connectivity index (χ3n) is 4.46. The summed E-state index contributed by atoms with van der Waals surface area (Å²) in [5, 5.41) is 6.95. The fourth-order valence-corrected chi connectivity index (χ4v) is 3.39. The van der Waals surface area contributed by atoms with Gasteiger partial charge in [0, 0.05) is 31.2 Å². The molecule has 0 aliphatic carbocycles. The van der Waals surface area contributed by atoms with Gasteiger partial charge in [-0.1, -0.05) is 29.8 Å². The molecule has 1 amide bonds. The van der Waals surface area contributed by atoms with E-state index in [2.05, 4.69) is 15.5 Å². The molecule has 132 valence electrons. The first-order valence-electron chi connectivity index (χ1n) is 8.41. The molecule has 6 nitrogen and oxygen atoms in total. The second-order valence-corrected chi connectivity index (χ2v) is 6.42. The van der Waals surface area contributed by atoms with Crippen LogP contribution in [0, 0.1) is 0 Å². The number of amides is 1. The van der Waals surface area contributed by atoms with Crippen LogP contribution in [-0.4, -0.2) is 69.5 Å². The fraction of sp³-hybridized carbons (Fsp3) is 0.588. The molecule has 2 atom stereocenters. The van der Waals surface area contributed by atoms with Gasteiger partial charge in [0.1, 0.15) is 6.04 Å². The standard InChI is InChI=1S/C17H24ClN3O3/c18-14-4-2-1-3-13(14)16(21-6-9-23-10-7-21)11-20-17(22)15-12-24-8-5-19-15/h1-4,15-16,19H,5-12H2,(H,20,22). The number of hydrogen-bond acceptors (Lipinski definition) is 5. The van der Waals surface area contributed by atoms with E-state index in [0.717, 1.165) is 23.7 Å². The molecule has 3 rings (SSSR count). The molecule has 0 bridgehead atoms. The molecule has 7 heteroatoms. The molecule has 1 aromatic rings. The fourth-order valence-electron chi connectivity index (χ4n) is 3.12. The van der Waals surface area contributed by atoms with Gasteiger partial charge in [-0.2, -0.15) is 0 Å². The van der Waals surface area contributed by atoms with Gasteiger partial charge in [0.25, 0.3) is 0 Å². The zero-order chi connectivity index (χ0) is 16.8. The SMILES string of the molecule is O=C(NCC(c1ccccc1Cl)N1CCOCC1)C1COCCN1. The summed E-state index contributed by atoms with van der Waals surface area (Å²) in [7, 11) is 0. The maximum absolute atomic E-state index is 12.4. The van der Waals surface area contributed by atoms with Crippen LogP contribution in [0.1, 0.15) is 11.6 Å². The lowest BCUT2D eigenvalue weighted by Gasteiger charge is -2.35. The number of carbonyl (C=O) groups excluding carboxylic acids is 1. The Morgan fingerprint density at radius 2 is 2.08 bits per heavy atom. The molecule has 2 aliphatic heterocycles. The van der Waals surface area contributed by atoms with E-state index in [0.29, 0.717) is 39.5 Å². The molecule has 2 heterocycles. The predicted molar refractivity (Wildman–Crippen MR) is 92.2 cm³/mol. The minimum atomic E-state index is -0.282. The highest BCUT2D eigenvalue weighted by molar-refractivity contribution is 6.31. The van der Waals surface area contributed by atoms with Crippen molar-refractivity contribution in [2.75, 3.05) is 52.6 Å². The Hall–Kier alpha value is -1.18. The maximum Gasteiger partial charge on any atom is 0.239 e. The number of rotatable bonds is 5. The predicted octanol–water partition coefficient (Wildman–Crippen LogP) is 0.818. The van der Waals surface area contributed by atoms with Crippen LogP contribution in [0.3, 0.4) is 0 Å². The molecule has 2 N–H and O–H groups in total. The summed E-state index contributed by atoms with van der Waals surface area (Å²) in [6.45, 7) is 5.35. The molecule has 2 unspecified atom stereocenters. The van der Waals surface area contributed by atoms with E-state index in [1.165, 1.54) is 0 Å². The molecule has 0 saturated carbocycles. The van der Waals surface area contributed by atoms with Crippen molar-refractivity contribution in [2.45, 2.75) is 12.1 Å². The van der Waals surface area contributed by atoms with E-state index in [4.69, 9.17) is 21.1 Å². The van der Waals surface area contributed by atoms with Crippen molar-refractivity contribution in [1.82, 2.24) is 15.5 Å². The van der Waals surface area contributed by atoms with Crippen LogP contribution in [0.5, 0.6) is 0 Å². The molecule has 0 aromatic heterocycles. The minimum absolute atomic E-state index is 0.0278. The van der Waals surface area contributed by atoms with Crippen LogP contribution in [0.4, 0.5) is 0 Å². The first-order chi connectivity index (χ1) is 11.8. The van der Waals surface area contributed by atoms with E-state index in [1.807, 2.05) is 24.3 Å². The van der Waals surface area contributed by atoms with Gasteiger partial charge in [-0.3, -0.25) is 9.69 Å². The average molecular weight is 354 g/mol. The van der Waals surface area contributed by atoms with Crippen LogP contribution >= 0.6 is 11.6 Å². The van der Waals surface area contributed by atoms with Crippen LogP contribution in [0.2, 0.25) is 5.02 Å². The van der Waals surface area contributed by atoms with E-state index >= 15 is 0 Å². The number of halogens is 1. The largest absolute Gasteiger partial charge is 0.379 e. The average Bonchev–Trinajstić information content (AvgIpc) is 2.65. The van der Waals surface area contributed by atoms with Crippen molar-refractivity contribution in [3.05, 3.63) is 34.9 Å². The Labute approximate surface area is 147 Å². The smallest absolute Gasteiger partial charge is 0.239 e. The highest BCUT2D eigenvalue weighted by Crippen LogP contribution is 2.27. The lowest BCUT2D eigenvalue weighted by molar-refractivity contribution is -0.126. The number of benzene rings is 1. The Balaban J connectivity index is 1.67. The first kappa shape index (κ1) is 17.6. The van der Waals surface area contributed by atoms with Crippen LogP contribution in [-0.2, 0) is 14.3 Å². The molecule has 0 spiro atoms. The maximum atomic E-state index is 12.4. The number of nitrogens with zero attached hydrogens (tertiary/aromatic N) is 1. The lowest BCUT2D eigenvalue weighted by Crippen LogP contribution is -2.53. The van der Waals surface area contributed by atoms with E-state index in [-0.39, 0.29) is 18.0 Å². The summed E-state index contributed by atoms with van der Waals surface area (Å²) in [6, 6.07) is 7.57. The Kier molecular flexibility index (Phi) is 6.45. The normalized spacial score (nSPS) is 23.6. The highest BCUT2D eigenvalue weighted by atomic mass is 35.5. The first-order valence-corrected chi connectivity index (χ1v) is 8.78. The molecule has 2 aliphatic rings. The Morgan fingerprint density at radius 3 is 2.79 bits per heavy atom. The number of hydrogen-bond donors (Lipinski definition) is 2. The Morgan fingerprint density at radius 1 is 1.29 bits per heavy atom. The number of ether oxygens (including phenoxy) is 2. The third-order valence-corrected chi connectivity index (χ3v) is 4.80. The molecular formula is C17H24ClN3O3. The van der Waals surface area contributed by atoms with Crippen molar-refractivity contribution in [1.29, 1.82) is 0 Å². The highest BCUT2D eigenvalue weighted by Gasteiger charge is 2.27. The van der Waals surface area contributed by atoms with Crippen molar-refractivity contribution in [3.8, 4) is 0 Å². The summed E-state index contributed by atoms with van der Waals surface area (Å²) in [6.07, 6.45) is 0. The van der Waals surface area contributed by atoms with Gasteiger partial charge in [-0.05, 0) is 11.6 Å². The van der Waals surface area contributed by atoms with Gasteiger partial charge in [-0.15, -0.1) is 0 Å². The van der Waals surface area contributed by atoms with Gasteiger partial charge in [0.05, 0.1) is 32.5 Å². The number of carbonyl (C=O) groups is 1. The van der Waals surface area contributed by atoms with Crippen LogP contribution in [0.25, 0.3) is 0 Å². The molecule has 2 fully saturated rings. The summed E-state index contributed by atoms with van der Waals surface area (Å²) < 4.78 is 10.8. The lowest BCUT2D eigenvalue weighted by atomic mass is 10.0. The summed E-state index contributed by atoms with van der Waals surface area (Å²) in [5.74, 6) is -0.0278. The Bertz CT molecular complexity index is 546. The van der Waals surface area contributed by atoms with E-state index < -0.39 is 0 Å². The molecule has 2 saturated heterocycles. The van der Waals surface area contributed by atoms with Gasteiger partial charge >= 0.3 is 0 Å². The monoisotopic (exact) mass is 353 g/mol. The number of nitrogens with one attached hydrogen (secondary N) is 2. The van der Waals surface area contributed by atoms with Crippen molar-refractivity contribution in [2.24, 2.45) is 0 Å². The zero-order valence-corrected chi connectivity index (χ0v) is 14.4. The van der Waals surface area contributed by atoms with Crippen molar-refractivity contribution < 1.29 is 14.3 Å². The topological polar surface area (TPSA) is 62.8 Å². The van der Waals surface area contributed by atoms with Gasteiger partial charge in [0.2, 0.25) is 5.91 Å². The minimum Gasteiger partial charge on any atom is -0.379 e. The van der Waals surface area contributed by atoms with E-state index in [1.54, 1.807) is 0 Å². The zero-order valence-electron chi connectivity index (χ0n) is 13.7. The second kappa shape index (κ2) is 8.78. The van der Waals surface area contributed by atoms with Gasteiger partial charge in [-0.25, -0.2) is 0 Å². The molecule has 0 radical (unpaired) electrons. The van der Waals surface area contributed by atoms with Crippen LogP contribution in [0.15, 0.2) is 24.3 Å².